The van der Waals surface area contributed by atoms with Gasteiger partial charge in [0.25, 0.3) is 0 Å². The lowest BCUT2D eigenvalue weighted by atomic mass is 10.7. The van der Waals surface area contributed by atoms with E-state index in [1.165, 1.54) is 11.3 Å². The summed E-state index contributed by atoms with van der Waals surface area (Å²) in [5.74, 6) is -0.180. The molecule has 1 N–H and O–H groups in total. The molecule has 0 unspecified atom stereocenters. The van der Waals surface area contributed by atoms with E-state index in [2.05, 4.69) is 19.6 Å². The van der Waals surface area contributed by atoms with Gasteiger partial charge in [0.05, 0.1) is 0 Å². The summed E-state index contributed by atoms with van der Waals surface area (Å²) in [6.07, 6.45) is 1.63. The minimum Gasteiger partial charge on any atom is -0.295 e. The highest BCUT2D eigenvalue weighted by molar-refractivity contribution is 7.12. The normalized spacial score (nSPS) is 10.2. The maximum absolute atomic E-state index is 10.5. The zero-order valence-corrected chi connectivity index (χ0v) is 6.09. The zero-order chi connectivity index (χ0) is 7.68. The molecule has 0 aliphatic heterocycles. The van der Waals surface area contributed by atoms with E-state index in [0.717, 1.165) is 0 Å². The quantitative estimate of drug-likeness (QED) is 0.674. The van der Waals surface area contributed by atoms with Gasteiger partial charge >= 0.3 is 5.76 Å². The van der Waals surface area contributed by atoms with Crippen molar-refractivity contribution in [3.8, 4) is 10.8 Å². The molecule has 0 aliphatic rings. The lowest BCUT2D eigenvalue weighted by Crippen LogP contribution is -1.94. The smallest absolute Gasteiger partial charge is 0.295 e. The second-order valence-corrected chi connectivity index (χ2v) is 2.68. The Kier molecular flexibility index (Phi) is 1.32. The number of aromatic nitrogens is 3. The fourth-order valence-electron chi connectivity index (χ4n) is 0.662. The highest BCUT2D eigenvalue weighted by atomic mass is 32.1. The van der Waals surface area contributed by atoms with Crippen molar-refractivity contribution in [2.24, 2.45) is 0 Å². The van der Waals surface area contributed by atoms with Crippen LogP contribution < -0.4 is 5.76 Å². The van der Waals surface area contributed by atoms with Gasteiger partial charge in [-0.15, -0.1) is 11.3 Å². The molecule has 2 heterocycles. The monoisotopic (exact) mass is 169 g/mol. The van der Waals surface area contributed by atoms with Crippen LogP contribution in [0.4, 0.5) is 0 Å². The van der Waals surface area contributed by atoms with Crippen molar-refractivity contribution in [3.05, 3.63) is 22.1 Å². The van der Waals surface area contributed by atoms with Crippen LogP contribution in [0, 0.1) is 0 Å². The van der Waals surface area contributed by atoms with Crippen LogP contribution in [0.15, 0.2) is 20.9 Å². The first-order valence-electron chi connectivity index (χ1n) is 2.82. The van der Waals surface area contributed by atoms with Crippen LogP contribution in [-0.2, 0) is 0 Å². The fourth-order valence-corrected chi connectivity index (χ4v) is 1.23. The van der Waals surface area contributed by atoms with E-state index < -0.39 is 5.76 Å². The summed E-state index contributed by atoms with van der Waals surface area (Å²) in [4.78, 5) is 16.8. The Balaban J connectivity index is 2.53. The Hall–Kier alpha value is -1.43. The highest BCUT2D eigenvalue weighted by Crippen LogP contribution is 2.14. The van der Waals surface area contributed by atoms with Crippen molar-refractivity contribution in [2.75, 3.05) is 0 Å². The van der Waals surface area contributed by atoms with Crippen LogP contribution in [-0.4, -0.2) is 15.1 Å². The zero-order valence-electron chi connectivity index (χ0n) is 5.27. The molecule has 0 amide bonds. The molecule has 0 bridgehead atoms. The summed E-state index contributed by atoms with van der Waals surface area (Å²) >= 11 is 1.39. The third-order valence-electron chi connectivity index (χ3n) is 1.08. The van der Waals surface area contributed by atoms with Crippen LogP contribution in [0.1, 0.15) is 0 Å². The summed E-state index contributed by atoms with van der Waals surface area (Å²) in [5.41, 5.74) is 0. The Morgan fingerprint density at radius 1 is 1.64 bits per heavy atom. The van der Waals surface area contributed by atoms with Crippen LogP contribution in [0.25, 0.3) is 10.8 Å². The molecule has 2 rings (SSSR count). The number of hydrogen-bond acceptors (Lipinski definition) is 5. The average molecular weight is 169 g/mol. The second kappa shape index (κ2) is 2.31. The van der Waals surface area contributed by atoms with Crippen molar-refractivity contribution >= 4 is 11.3 Å². The molecule has 0 saturated carbocycles. The maximum Gasteiger partial charge on any atom is 0.439 e. The number of H-pyrrole nitrogens is 1. The van der Waals surface area contributed by atoms with Gasteiger partial charge in [-0.25, -0.2) is 9.78 Å². The molecule has 0 aliphatic carbocycles. The van der Waals surface area contributed by atoms with Gasteiger partial charge in [-0.2, -0.15) is 0 Å². The predicted molar refractivity (Wildman–Crippen MR) is 38.2 cm³/mol. The molecule has 2 aromatic rings. The molecular weight excluding hydrogens is 166 g/mol. The largest absolute Gasteiger partial charge is 0.439 e. The first kappa shape index (κ1) is 6.29. The van der Waals surface area contributed by atoms with E-state index in [1.54, 1.807) is 11.6 Å². The Labute approximate surface area is 64.7 Å². The molecule has 6 heteroatoms. The van der Waals surface area contributed by atoms with Crippen molar-refractivity contribution in [3.63, 3.8) is 0 Å². The summed E-state index contributed by atoms with van der Waals surface area (Å²) in [6, 6.07) is 0. The number of hydrogen-bond donors (Lipinski definition) is 1. The standard InChI is InChI=1S/C5H3N3O2S/c9-5-7-3(8-10-5)4-6-1-2-11-4/h1-2H,(H,7,8,9). The van der Waals surface area contributed by atoms with Crippen LogP contribution in [0.5, 0.6) is 0 Å². The lowest BCUT2D eigenvalue weighted by molar-refractivity contribution is 0.388. The number of nitrogens with one attached hydrogen (secondary N) is 1. The van der Waals surface area contributed by atoms with Gasteiger partial charge in [-0.05, 0) is 0 Å². The van der Waals surface area contributed by atoms with Crippen LogP contribution in [0.3, 0.4) is 0 Å². The first-order chi connectivity index (χ1) is 5.36. The van der Waals surface area contributed by atoms with Gasteiger partial charge < -0.3 is 0 Å². The predicted octanol–water partition coefficient (Wildman–Crippen LogP) is 0.486. The molecular formula is C5H3N3O2S. The third-order valence-corrected chi connectivity index (χ3v) is 1.86. The van der Waals surface area contributed by atoms with Crippen molar-refractivity contribution < 1.29 is 4.52 Å². The van der Waals surface area contributed by atoms with E-state index in [9.17, 15) is 4.79 Å². The SMILES string of the molecule is O=c1[nH]c(-c2nccs2)no1. The molecule has 0 aromatic carbocycles. The van der Waals surface area contributed by atoms with Crippen molar-refractivity contribution in [2.45, 2.75) is 0 Å². The Bertz CT molecular complexity index is 388. The molecule has 0 fully saturated rings. The topological polar surface area (TPSA) is 71.8 Å². The molecule has 0 radical (unpaired) electrons. The van der Waals surface area contributed by atoms with E-state index in [0.29, 0.717) is 10.8 Å². The van der Waals surface area contributed by atoms with Gasteiger partial charge in [0.1, 0.15) is 0 Å². The number of nitrogens with zero attached hydrogens (tertiary/aromatic N) is 2. The number of aromatic amines is 1. The number of rotatable bonds is 1. The highest BCUT2D eigenvalue weighted by Gasteiger charge is 2.04. The van der Waals surface area contributed by atoms with Gasteiger partial charge in [-0.1, -0.05) is 5.16 Å². The van der Waals surface area contributed by atoms with Gasteiger partial charge in [-0.3, -0.25) is 9.51 Å². The Morgan fingerprint density at radius 2 is 2.55 bits per heavy atom. The molecule has 2 aromatic heterocycles. The van der Waals surface area contributed by atoms with E-state index >= 15 is 0 Å². The second-order valence-electron chi connectivity index (χ2n) is 1.78. The summed E-state index contributed by atoms with van der Waals surface area (Å²) in [7, 11) is 0. The number of thiazole rings is 1. The van der Waals surface area contributed by atoms with Crippen molar-refractivity contribution in [1.82, 2.24) is 15.1 Å². The third kappa shape index (κ3) is 1.07. The van der Waals surface area contributed by atoms with Crippen LogP contribution >= 0.6 is 11.3 Å². The van der Waals surface area contributed by atoms with E-state index in [4.69, 9.17) is 0 Å². The van der Waals surface area contributed by atoms with E-state index in [1.807, 2.05) is 0 Å². The Morgan fingerprint density at radius 3 is 3.09 bits per heavy atom. The molecule has 11 heavy (non-hydrogen) atoms. The maximum atomic E-state index is 10.5. The lowest BCUT2D eigenvalue weighted by Gasteiger charge is -1.79. The minimum atomic E-state index is -0.560. The summed E-state index contributed by atoms with van der Waals surface area (Å²) < 4.78 is 4.29. The first-order valence-corrected chi connectivity index (χ1v) is 3.70. The summed E-state index contributed by atoms with van der Waals surface area (Å²) in [6.45, 7) is 0. The molecule has 56 valence electrons. The molecule has 0 atom stereocenters. The fraction of sp³-hybridized carbons (Fsp3) is 0. The van der Waals surface area contributed by atoms with Gasteiger partial charge in [0, 0.05) is 11.6 Å². The van der Waals surface area contributed by atoms with Crippen molar-refractivity contribution in [1.29, 1.82) is 0 Å². The molecule has 0 saturated heterocycles. The van der Waals surface area contributed by atoms with Gasteiger partial charge in [0.15, 0.2) is 5.01 Å². The van der Waals surface area contributed by atoms with Gasteiger partial charge in [0.2, 0.25) is 5.82 Å². The van der Waals surface area contributed by atoms with Crippen LogP contribution in [0.2, 0.25) is 0 Å². The molecule has 0 spiro atoms. The minimum absolute atomic E-state index is 0.380. The van der Waals surface area contributed by atoms with E-state index in [-0.39, 0.29) is 0 Å². The average Bonchev–Trinajstić information content (AvgIpc) is 2.55. The molecule has 5 nitrogen and oxygen atoms in total. The summed E-state index contributed by atoms with van der Waals surface area (Å²) in [5, 5.41) is 5.91.